The number of ether oxygens (including phenoxy) is 1. The van der Waals surface area contributed by atoms with Crippen LogP contribution in [-0.2, 0) is 17.6 Å². The van der Waals surface area contributed by atoms with Crippen LogP contribution in [0.5, 0.6) is 5.75 Å². The molecule has 1 heterocycles. The Kier molecular flexibility index (Phi) is 7.02. The number of amides is 1. The summed E-state index contributed by atoms with van der Waals surface area (Å²) in [6.45, 7) is 3.95. The molecule has 0 aromatic heterocycles. The fourth-order valence-electron chi connectivity index (χ4n) is 4.97. The lowest BCUT2D eigenvalue weighted by atomic mass is 9.72. The van der Waals surface area contributed by atoms with Crippen molar-refractivity contribution in [1.29, 1.82) is 5.26 Å². The maximum absolute atomic E-state index is 11.8. The number of aryl methyl sites for hydroxylation is 1. The molecule has 1 aliphatic heterocycles. The lowest BCUT2D eigenvalue weighted by Gasteiger charge is -2.48. The van der Waals surface area contributed by atoms with E-state index in [0.717, 1.165) is 42.6 Å². The molecular weight excluding hydrogens is 414 g/mol. The summed E-state index contributed by atoms with van der Waals surface area (Å²) in [7, 11) is 0. The van der Waals surface area contributed by atoms with Crippen molar-refractivity contribution in [2.75, 3.05) is 6.54 Å². The average molecular weight is 448 g/mol. The first-order valence-corrected chi connectivity index (χ1v) is 11.9. The minimum absolute atomic E-state index is 0.0927. The lowest BCUT2D eigenvalue weighted by molar-refractivity contribution is -0.120. The Hall–Kier alpha value is -2.88. The largest absolute Gasteiger partial charge is 0.487 e. The van der Waals surface area contributed by atoms with Gasteiger partial charge < -0.3 is 20.5 Å². The van der Waals surface area contributed by atoms with Crippen LogP contribution in [0.25, 0.3) is 0 Å². The van der Waals surface area contributed by atoms with Gasteiger partial charge in [0.2, 0.25) is 5.91 Å². The second-order valence-electron chi connectivity index (χ2n) is 9.42. The van der Waals surface area contributed by atoms with E-state index in [1.54, 1.807) is 12.1 Å². The number of nitriles is 1. The van der Waals surface area contributed by atoms with Gasteiger partial charge in [0.25, 0.3) is 0 Å². The number of nitrogens with zero attached hydrogens (tertiary/aromatic N) is 1. The summed E-state index contributed by atoms with van der Waals surface area (Å²) in [6, 6.07) is 15.5. The monoisotopic (exact) mass is 447 g/mol. The highest BCUT2D eigenvalue weighted by atomic mass is 16.5. The van der Waals surface area contributed by atoms with Crippen molar-refractivity contribution < 1.29 is 14.6 Å². The molecule has 0 saturated heterocycles. The van der Waals surface area contributed by atoms with Crippen molar-refractivity contribution in [2.24, 2.45) is 0 Å². The van der Waals surface area contributed by atoms with E-state index < -0.39 is 12.1 Å². The van der Waals surface area contributed by atoms with Crippen LogP contribution >= 0.6 is 0 Å². The van der Waals surface area contributed by atoms with Crippen molar-refractivity contribution in [2.45, 2.75) is 76.2 Å². The van der Waals surface area contributed by atoms with Gasteiger partial charge in [0, 0.05) is 31.5 Å². The lowest BCUT2D eigenvalue weighted by Crippen LogP contribution is -2.52. The molecule has 2 aromatic carbocycles. The highest BCUT2D eigenvalue weighted by Crippen LogP contribution is 2.49. The summed E-state index contributed by atoms with van der Waals surface area (Å²) in [5.74, 6) is 0.754. The molecular formula is C27H33N3O3. The number of aliphatic hydroxyl groups excluding tert-OH is 1. The van der Waals surface area contributed by atoms with Gasteiger partial charge in [0.15, 0.2) is 0 Å². The van der Waals surface area contributed by atoms with E-state index in [4.69, 9.17) is 4.74 Å². The Morgan fingerprint density at radius 2 is 2.09 bits per heavy atom. The van der Waals surface area contributed by atoms with Crippen molar-refractivity contribution in [1.82, 2.24) is 10.6 Å². The van der Waals surface area contributed by atoms with E-state index in [1.807, 2.05) is 12.1 Å². The van der Waals surface area contributed by atoms with Gasteiger partial charge in [-0.3, -0.25) is 4.79 Å². The number of hydrogen-bond acceptors (Lipinski definition) is 5. The van der Waals surface area contributed by atoms with Gasteiger partial charge in [0.05, 0.1) is 23.8 Å². The molecule has 2 aromatic rings. The summed E-state index contributed by atoms with van der Waals surface area (Å²) in [4.78, 5) is 11.8. The molecule has 2 aliphatic rings. The molecule has 4 rings (SSSR count). The van der Waals surface area contributed by atoms with Gasteiger partial charge in [-0.25, -0.2) is 0 Å². The third-order valence-electron chi connectivity index (χ3n) is 6.96. The highest BCUT2D eigenvalue weighted by molar-refractivity contribution is 5.73. The number of benzene rings is 2. The number of carbonyl (C=O) groups is 1. The number of rotatable bonds is 8. The van der Waals surface area contributed by atoms with Crippen LogP contribution in [0.4, 0.5) is 0 Å². The van der Waals surface area contributed by atoms with E-state index in [1.165, 1.54) is 18.9 Å². The SMILES string of the molecule is CCc1ccc2c(c1)[C@@H](NC[C@@H](O)[C@H](Cc1cccc(C#N)c1)NC(C)=O)CC1(CCC1)O2. The number of aliphatic hydroxyl groups is 1. The third-order valence-corrected chi connectivity index (χ3v) is 6.96. The summed E-state index contributed by atoms with van der Waals surface area (Å²) < 4.78 is 6.41. The van der Waals surface area contributed by atoms with Gasteiger partial charge in [-0.05, 0) is 61.4 Å². The standard InChI is InChI=1S/C27H33N3O3/c1-3-19-8-9-26-22(13-19)24(15-27(33-26)10-5-11-27)29-17-25(32)23(30-18(2)31)14-20-6-4-7-21(12-20)16-28/h4,6-9,12-13,23-25,29,32H,3,5,10-11,14-15,17H2,1-2H3,(H,30,31)/t23-,24-,25+/m0/s1. The van der Waals surface area contributed by atoms with Crippen LogP contribution in [0.15, 0.2) is 42.5 Å². The molecule has 0 unspecified atom stereocenters. The van der Waals surface area contributed by atoms with Gasteiger partial charge in [-0.2, -0.15) is 5.26 Å². The zero-order valence-electron chi connectivity index (χ0n) is 19.4. The Labute approximate surface area is 196 Å². The molecule has 3 N–H and O–H groups in total. The Balaban J connectivity index is 1.48. The quantitative estimate of drug-likeness (QED) is 0.575. The molecule has 1 fully saturated rings. The first kappa shape index (κ1) is 23.3. The molecule has 1 saturated carbocycles. The fraction of sp³-hybridized carbons (Fsp3) is 0.481. The zero-order valence-corrected chi connectivity index (χ0v) is 19.4. The van der Waals surface area contributed by atoms with Crippen LogP contribution in [0.3, 0.4) is 0 Å². The Morgan fingerprint density at radius 1 is 1.27 bits per heavy atom. The van der Waals surface area contributed by atoms with Crippen LogP contribution in [0, 0.1) is 11.3 Å². The number of carbonyl (C=O) groups excluding carboxylic acids is 1. The average Bonchev–Trinajstić information content (AvgIpc) is 2.80. The molecule has 0 radical (unpaired) electrons. The minimum atomic E-state index is -0.780. The van der Waals surface area contributed by atoms with E-state index >= 15 is 0 Å². The topological polar surface area (TPSA) is 94.4 Å². The van der Waals surface area contributed by atoms with Crippen LogP contribution < -0.4 is 15.4 Å². The van der Waals surface area contributed by atoms with Crippen LogP contribution in [-0.4, -0.2) is 35.3 Å². The van der Waals surface area contributed by atoms with Crippen molar-refractivity contribution in [3.8, 4) is 11.8 Å². The van der Waals surface area contributed by atoms with Gasteiger partial charge in [0.1, 0.15) is 11.4 Å². The highest BCUT2D eigenvalue weighted by Gasteiger charge is 2.45. The molecule has 1 amide bonds. The number of fused-ring (bicyclic) bond motifs is 1. The number of nitrogens with one attached hydrogen (secondary N) is 2. The van der Waals surface area contributed by atoms with Crippen molar-refractivity contribution in [3.63, 3.8) is 0 Å². The van der Waals surface area contributed by atoms with Gasteiger partial charge in [-0.1, -0.05) is 31.2 Å². The zero-order chi connectivity index (χ0) is 23.4. The van der Waals surface area contributed by atoms with E-state index in [0.29, 0.717) is 18.5 Å². The maximum atomic E-state index is 11.8. The predicted octanol–water partition coefficient (Wildman–Crippen LogP) is 3.56. The fourth-order valence-corrected chi connectivity index (χ4v) is 4.97. The Morgan fingerprint density at radius 3 is 2.76 bits per heavy atom. The van der Waals surface area contributed by atoms with Crippen molar-refractivity contribution >= 4 is 5.91 Å². The maximum Gasteiger partial charge on any atom is 0.217 e. The minimum Gasteiger partial charge on any atom is -0.487 e. The van der Waals surface area contributed by atoms with E-state index in [2.05, 4.69) is 41.8 Å². The second-order valence-corrected chi connectivity index (χ2v) is 9.42. The molecule has 1 aliphatic carbocycles. The summed E-state index contributed by atoms with van der Waals surface area (Å²) in [5.41, 5.74) is 3.79. The molecule has 0 bridgehead atoms. The molecule has 33 heavy (non-hydrogen) atoms. The van der Waals surface area contributed by atoms with Crippen LogP contribution in [0.2, 0.25) is 0 Å². The molecule has 6 heteroatoms. The summed E-state index contributed by atoms with van der Waals surface area (Å²) in [5, 5.41) is 26.7. The third kappa shape index (κ3) is 5.38. The first-order valence-electron chi connectivity index (χ1n) is 11.9. The summed E-state index contributed by atoms with van der Waals surface area (Å²) in [6.07, 6.45) is 4.82. The molecule has 174 valence electrons. The predicted molar refractivity (Wildman–Crippen MR) is 127 cm³/mol. The van der Waals surface area contributed by atoms with E-state index in [9.17, 15) is 15.2 Å². The Bertz CT molecular complexity index is 1040. The molecule has 3 atom stereocenters. The molecule has 6 nitrogen and oxygen atoms in total. The van der Waals surface area contributed by atoms with Gasteiger partial charge in [-0.15, -0.1) is 0 Å². The van der Waals surface area contributed by atoms with Crippen molar-refractivity contribution in [3.05, 3.63) is 64.7 Å². The molecule has 1 spiro atoms. The summed E-state index contributed by atoms with van der Waals surface area (Å²) >= 11 is 0. The first-order chi connectivity index (χ1) is 15.9. The smallest absolute Gasteiger partial charge is 0.217 e. The van der Waals surface area contributed by atoms with Gasteiger partial charge >= 0.3 is 0 Å². The van der Waals surface area contributed by atoms with Crippen LogP contribution in [0.1, 0.15) is 67.8 Å². The number of hydrogen-bond donors (Lipinski definition) is 3. The normalized spacial score (nSPS) is 20.0. The van der Waals surface area contributed by atoms with E-state index in [-0.39, 0.29) is 17.6 Å². The second kappa shape index (κ2) is 9.94.